The SMILES string of the molecule is C[C@@H](CO)NC(=O)C(N)c1ccccc1. The number of hydrogen-bond acceptors (Lipinski definition) is 3. The zero-order valence-corrected chi connectivity index (χ0v) is 8.68. The monoisotopic (exact) mass is 208 g/mol. The molecule has 0 heterocycles. The molecule has 1 aromatic rings. The molecule has 15 heavy (non-hydrogen) atoms. The lowest BCUT2D eigenvalue weighted by molar-refractivity contribution is -0.123. The first-order valence-corrected chi connectivity index (χ1v) is 4.87. The summed E-state index contributed by atoms with van der Waals surface area (Å²) in [7, 11) is 0. The number of aliphatic hydroxyl groups is 1. The minimum atomic E-state index is -0.680. The minimum absolute atomic E-state index is 0.0900. The molecule has 0 saturated carbocycles. The number of hydrogen-bond donors (Lipinski definition) is 3. The number of carbonyl (C=O) groups is 1. The zero-order chi connectivity index (χ0) is 11.3. The average molecular weight is 208 g/mol. The fourth-order valence-electron chi connectivity index (χ4n) is 1.19. The average Bonchev–Trinajstić information content (AvgIpc) is 2.29. The van der Waals surface area contributed by atoms with Crippen LogP contribution in [0.4, 0.5) is 0 Å². The van der Waals surface area contributed by atoms with Crippen LogP contribution in [0.25, 0.3) is 0 Å². The van der Waals surface area contributed by atoms with Crippen molar-refractivity contribution in [2.45, 2.75) is 19.0 Å². The largest absolute Gasteiger partial charge is 0.394 e. The predicted octanol–water partition coefficient (Wildman–Crippen LogP) is 0.183. The number of benzene rings is 1. The van der Waals surface area contributed by atoms with Crippen LogP contribution >= 0.6 is 0 Å². The Kier molecular flexibility index (Phi) is 4.27. The van der Waals surface area contributed by atoms with Crippen LogP contribution in [0.1, 0.15) is 18.5 Å². The standard InChI is InChI=1S/C11H16N2O2/c1-8(7-14)13-11(15)10(12)9-5-3-2-4-6-9/h2-6,8,10,14H,7,12H2,1H3,(H,13,15)/t8-,10?/m0/s1. The molecule has 0 aromatic heterocycles. The molecule has 1 amide bonds. The Bertz CT molecular complexity index is 314. The van der Waals surface area contributed by atoms with Gasteiger partial charge in [-0.15, -0.1) is 0 Å². The molecular formula is C11H16N2O2. The number of carbonyl (C=O) groups excluding carboxylic acids is 1. The van der Waals surface area contributed by atoms with Gasteiger partial charge in [-0.3, -0.25) is 4.79 Å². The highest BCUT2D eigenvalue weighted by molar-refractivity contribution is 5.83. The summed E-state index contributed by atoms with van der Waals surface area (Å²) in [6.45, 7) is 1.63. The van der Waals surface area contributed by atoms with Gasteiger partial charge in [0.1, 0.15) is 6.04 Å². The second-order valence-electron chi connectivity index (χ2n) is 3.48. The van der Waals surface area contributed by atoms with Gasteiger partial charge < -0.3 is 16.2 Å². The highest BCUT2D eigenvalue weighted by Gasteiger charge is 2.16. The maximum atomic E-state index is 11.6. The lowest BCUT2D eigenvalue weighted by atomic mass is 10.1. The Morgan fingerprint density at radius 3 is 2.60 bits per heavy atom. The van der Waals surface area contributed by atoms with E-state index in [2.05, 4.69) is 5.32 Å². The zero-order valence-electron chi connectivity index (χ0n) is 8.68. The molecule has 0 spiro atoms. The van der Waals surface area contributed by atoms with Crippen molar-refractivity contribution in [1.82, 2.24) is 5.32 Å². The second kappa shape index (κ2) is 5.48. The van der Waals surface area contributed by atoms with Crippen molar-refractivity contribution in [1.29, 1.82) is 0 Å². The van der Waals surface area contributed by atoms with E-state index < -0.39 is 6.04 Å². The maximum Gasteiger partial charge on any atom is 0.241 e. The fraction of sp³-hybridized carbons (Fsp3) is 0.364. The molecule has 0 aliphatic rings. The molecule has 4 nitrogen and oxygen atoms in total. The highest BCUT2D eigenvalue weighted by Crippen LogP contribution is 2.09. The van der Waals surface area contributed by atoms with E-state index in [9.17, 15) is 4.79 Å². The van der Waals surface area contributed by atoms with Crippen molar-refractivity contribution in [3.63, 3.8) is 0 Å². The van der Waals surface area contributed by atoms with Crippen molar-refractivity contribution >= 4 is 5.91 Å². The van der Waals surface area contributed by atoms with Gasteiger partial charge in [-0.25, -0.2) is 0 Å². The Balaban J connectivity index is 2.61. The third kappa shape index (κ3) is 3.34. The van der Waals surface area contributed by atoms with Crippen LogP contribution in [0.5, 0.6) is 0 Å². The normalized spacial score (nSPS) is 14.3. The summed E-state index contributed by atoms with van der Waals surface area (Å²) in [5, 5.41) is 11.4. The topological polar surface area (TPSA) is 75.3 Å². The molecule has 0 aliphatic heterocycles. The third-order valence-electron chi connectivity index (χ3n) is 2.10. The minimum Gasteiger partial charge on any atom is -0.394 e. The van der Waals surface area contributed by atoms with Gasteiger partial charge in [-0.05, 0) is 12.5 Å². The lowest BCUT2D eigenvalue weighted by Crippen LogP contribution is -2.40. The van der Waals surface area contributed by atoms with E-state index >= 15 is 0 Å². The predicted molar refractivity (Wildman–Crippen MR) is 58.1 cm³/mol. The van der Waals surface area contributed by atoms with Gasteiger partial charge in [0.15, 0.2) is 0 Å². The van der Waals surface area contributed by atoms with E-state index in [-0.39, 0.29) is 18.6 Å². The van der Waals surface area contributed by atoms with Crippen molar-refractivity contribution in [2.24, 2.45) is 5.73 Å². The number of aliphatic hydroxyl groups excluding tert-OH is 1. The fourth-order valence-corrected chi connectivity index (χ4v) is 1.19. The summed E-state index contributed by atoms with van der Waals surface area (Å²) < 4.78 is 0. The summed E-state index contributed by atoms with van der Waals surface area (Å²) in [5.41, 5.74) is 6.51. The van der Waals surface area contributed by atoms with Crippen LogP contribution in [-0.2, 0) is 4.79 Å². The van der Waals surface area contributed by atoms with E-state index in [1.807, 2.05) is 18.2 Å². The number of nitrogens with one attached hydrogen (secondary N) is 1. The highest BCUT2D eigenvalue weighted by atomic mass is 16.3. The first-order chi connectivity index (χ1) is 7.15. The van der Waals surface area contributed by atoms with Crippen LogP contribution in [0, 0.1) is 0 Å². The van der Waals surface area contributed by atoms with Crippen molar-refractivity contribution < 1.29 is 9.90 Å². The van der Waals surface area contributed by atoms with Crippen LogP contribution in [0.15, 0.2) is 30.3 Å². The van der Waals surface area contributed by atoms with Crippen molar-refractivity contribution in [3.8, 4) is 0 Å². The Morgan fingerprint density at radius 2 is 2.07 bits per heavy atom. The molecule has 0 bridgehead atoms. The molecule has 1 rings (SSSR count). The molecule has 82 valence electrons. The Labute approximate surface area is 89.1 Å². The van der Waals surface area contributed by atoms with Gasteiger partial charge in [0, 0.05) is 6.04 Å². The van der Waals surface area contributed by atoms with Gasteiger partial charge in [0.2, 0.25) is 5.91 Å². The molecule has 0 aliphatic carbocycles. The van der Waals surface area contributed by atoms with Gasteiger partial charge >= 0.3 is 0 Å². The summed E-state index contributed by atoms with van der Waals surface area (Å²) in [6, 6.07) is 8.18. The van der Waals surface area contributed by atoms with Gasteiger partial charge in [-0.1, -0.05) is 30.3 Å². The Morgan fingerprint density at radius 1 is 1.47 bits per heavy atom. The summed E-state index contributed by atoms with van der Waals surface area (Å²) in [5.74, 6) is -0.275. The van der Waals surface area contributed by atoms with Crippen LogP contribution in [0.3, 0.4) is 0 Å². The van der Waals surface area contributed by atoms with Crippen LogP contribution in [0.2, 0.25) is 0 Å². The van der Waals surface area contributed by atoms with E-state index in [1.54, 1.807) is 19.1 Å². The number of amides is 1. The van der Waals surface area contributed by atoms with Crippen molar-refractivity contribution in [3.05, 3.63) is 35.9 Å². The van der Waals surface area contributed by atoms with Gasteiger partial charge in [0.25, 0.3) is 0 Å². The quantitative estimate of drug-likeness (QED) is 0.661. The van der Waals surface area contributed by atoms with Crippen molar-refractivity contribution in [2.75, 3.05) is 6.61 Å². The lowest BCUT2D eigenvalue weighted by Gasteiger charge is -2.15. The molecular weight excluding hydrogens is 192 g/mol. The molecule has 2 atom stereocenters. The summed E-state index contributed by atoms with van der Waals surface area (Å²) in [4.78, 5) is 11.6. The number of nitrogens with two attached hydrogens (primary N) is 1. The molecule has 0 saturated heterocycles. The molecule has 0 fully saturated rings. The summed E-state index contributed by atoms with van der Waals surface area (Å²) in [6.07, 6.45) is 0. The maximum absolute atomic E-state index is 11.6. The Hall–Kier alpha value is -1.39. The number of rotatable bonds is 4. The molecule has 1 aromatic carbocycles. The third-order valence-corrected chi connectivity index (χ3v) is 2.10. The van der Waals surface area contributed by atoms with E-state index in [1.165, 1.54) is 0 Å². The van der Waals surface area contributed by atoms with E-state index in [0.29, 0.717) is 0 Å². The first-order valence-electron chi connectivity index (χ1n) is 4.87. The van der Waals surface area contributed by atoms with Gasteiger partial charge in [-0.2, -0.15) is 0 Å². The summed E-state index contributed by atoms with van der Waals surface area (Å²) >= 11 is 0. The van der Waals surface area contributed by atoms with Crippen LogP contribution < -0.4 is 11.1 Å². The van der Waals surface area contributed by atoms with Gasteiger partial charge in [0.05, 0.1) is 6.61 Å². The smallest absolute Gasteiger partial charge is 0.241 e. The first kappa shape index (κ1) is 11.7. The van der Waals surface area contributed by atoms with E-state index in [4.69, 9.17) is 10.8 Å². The molecule has 4 N–H and O–H groups in total. The second-order valence-corrected chi connectivity index (χ2v) is 3.48. The molecule has 0 radical (unpaired) electrons. The molecule has 1 unspecified atom stereocenters. The van der Waals surface area contributed by atoms with Crippen LogP contribution in [-0.4, -0.2) is 23.7 Å². The van der Waals surface area contributed by atoms with E-state index in [0.717, 1.165) is 5.56 Å². The molecule has 4 heteroatoms.